The zero-order valence-electron chi connectivity index (χ0n) is 7.05. The van der Waals surface area contributed by atoms with Crippen LogP contribution in [0.4, 0.5) is 4.39 Å². The Morgan fingerprint density at radius 2 is 2.31 bits per heavy atom. The molecule has 1 saturated carbocycles. The van der Waals surface area contributed by atoms with Gasteiger partial charge in [0.25, 0.3) is 5.69 Å². The summed E-state index contributed by atoms with van der Waals surface area (Å²) in [5, 5.41) is 0. The van der Waals surface area contributed by atoms with Crippen LogP contribution in [-0.2, 0) is 0 Å². The minimum absolute atomic E-state index is 0.344. The molecular formula is C10H9FN2. The number of nitrogens with zero attached hydrogens (tertiary/aromatic N) is 1. The predicted octanol–water partition coefficient (Wildman–Crippen LogP) is 1.69. The van der Waals surface area contributed by atoms with Crippen molar-refractivity contribution in [3.8, 4) is 11.8 Å². The Morgan fingerprint density at radius 3 is 3.00 bits per heavy atom. The summed E-state index contributed by atoms with van der Waals surface area (Å²) in [7, 11) is 0. The largest absolute Gasteiger partial charge is 0.448 e. The first-order valence-electron chi connectivity index (χ1n) is 4.20. The lowest BCUT2D eigenvalue weighted by Crippen LogP contribution is -2.27. The summed E-state index contributed by atoms with van der Waals surface area (Å²) in [5.74, 6) is 13.3. The third-order valence-electron chi connectivity index (χ3n) is 1.90. The van der Waals surface area contributed by atoms with Gasteiger partial charge in [-0.1, -0.05) is 5.92 Å². The molecule has 1 N–H and O–H groups in total. The molecule has 1 aliphatic rings. The van der Waals surface area contributed by atoms with Crippen molar-refractivity contribution in [3.05, 3.63) is 35.7 Å². The summed E-state index contributed by atoms with van der Waals surface area (Å²) < 4.78 is 13.8. The summed E-state index contributed by atoms with van der Waals surface area (Å²) in [6, 6.07) is 2.53. The van der Waals surface area contributed by atoms with Gasteiger partial charge in [-0.15, -0.1) is 0 Å². The molecule has 0 atom stereocenters. The highest BCUT2D eigenvalue weighted by molar-refractivity contribution is 5.26. The molecule has 0 aromatic carbocycles. The Balaban J connectivity index is 2.28. The fraction of sp³-hybridized carbons (Fsp3) is 0.300. The normalized spacial score (nSPS) is 14.8. The minimum atomic E-state index is -0.344. The second-order valence-electron chi connectivity index (χ2n) is 3.14. The molecule has 0 aliphatic heterocycles. The summed E-state index contributed by atoms with van der Waals surface area (Å²) in [6.07, 6.45) is 3.63. The van der Waals surface area contributed by atoms with E-state index in [0.717, 1.165) is 17.5 Å². The van der Waals surface area contributed by atoms with E-state index in [4.69, 9.17) is 5.84 Å². The molecule has 0 amide bonds. The summed E-state index contributed by atoms with van der Waals surface area (Å²) in [4.78, 5) is 0. The molecule has 0 spiro atoms. The van der Waals surface area contributed by atoms with Gasteiger partial charge in [0, 0.05) is 17.9 Å². The SMILES string of the molecule is [NH-][n+]1ccc(F)cc1C#CC1CC1. The zero-order valence-corrected chi connectivity index (χ0v) is 7.05. The molecule has 1 aliphatic carbocycles. The maximum atomic E-state index is 12.7. The molecule has 2 nitrogen and oxygen atoms in total. The van der Waals surface area contributed by atoms with Crippen molar-refractivity contribution >= 4 is 0 Å². The first-order valence-corrected chi connectivity index (χ1v) is 4.20. The van der Waals surface area contributed by atoms with Crippen LogP contribution < -0.4 is 4.68 Å². The van der Waals surface area contributed by atoms with Gasteiger partial charge >= 0.3 is 0 Å². The third kappa shape index (κ3) is 1.97. The van der Waals surface area contributed by atoms with Gasteiger partial charge in [0.05, 0.1) is 6.07 Å². The van der Waals surface area contributed by atoms with E-state index in [-0.39, 0.29) is 5.82 Å². The second kappa shape index (κ2) is 3.06. The van der Waals surface area contributed by atoms with Crippen LogP contribution in [0, 0.1) is 23.6 Å². The summed E-state index contributed by atoms with van der Waals surface area (Å²) in [5.41, 5.74) is 0.409. The molecule has 0 bridgehead atoms. The van der Waals surface area contributed by atoms with E-state index in [1.165, 1.54) is 18.3 Å². The van der Waals surface area contributed by atoms with E-state index in [1.54, 1.807) is 0 Å². The Kier molecular flexibility index (Phi) is 1.90. The van der Waals surface area contributed by atoms with Gasteiger partial charge in [-0.05, 0) is 12.8 Å². The minimum Gasteiger partial charge on any atom is -0.448 e. The lowest BCUT2D eigenvalue weighted by molar-refractivity contribution is -0.608. The molecule has 0 unspecified atom stereocenters. The highest BCUT2D eigenvalue weighted by Crippen LogP contribution is 2.27. The molecule has 3 heteroatoms. The Bertz CT molecular complexity index is 386. The van der Waals surface area contributed by atoms with Gasteiger partial charge in [0.1, 0.15) is 5.82 Å². The molecule has 13 heavy (non-hydrogen) atoms. The van der Waals surface area contributed by atoms with E-state index in [0.29, 0.717) is 11.6 Å². The van der Waals surface area contributed by atoms with Gasteiger partial charge in [0.2, 0.25) is 0 Å². The van der Waals surface area contributed by atoms with Crippen molar-refractivity contribution in [2.75, 3.05) is 0 Å². The maximum absolute atomic E-state index is 12.7. The van der Waals surface area contributed by atoms with Crippen LogP contribution in [-0.4, -0.2) is 0 Å². The van der Waals surface area contributed by atoms with Crippen molar-refractivity contribution in [3.63, 3.8) is 0 Å². The van der Waals surface area contributed by atoms with E-state index in [9.17, 15) is 4.39 Å². The molecular weight excluding hydrogens is 167 g/mol. The van der Waals surface area contributed by atoms with Crippen LogP contribution in [0.25, 0.3) is 5.84 Å². The van der Waals surface area contributed by atoms with Crippen LogP contribution in [0.1, 0.15) is 18.5 Å². The lowest BCUT2D eigenvalue weighted by Gasteiger charge is -1.96. The van der Waals surface area contributed by atoms with Crippen LogP contribution in [0.5, 0.6) is 0 Å². The molecule has 1 heterocycles. The van der Waals surface area contributed by atoms with Crippen molar-refractivity contribution < 1.29 is 9.07 Å². The average molecular weight is 176 g/mol. The number of nitrogens with one attached hydrogen (secondary N) is 1. The van der Waals surface area contributed by atoms with E-state index in [2.05, 4.69) is 11.8 Å². The summed E-state index contributed by atoms with van der Waals surface area (Å²) in [6.45, 7) is 0. The quantitative estimate of drug-likeness (QED) is 0.425. The van der Waals surface area contributed by atoms with E-state index in [1.807, 2.05) is 0 Å². The molecule has 1 fully saturated rings. The van der Waals surface area contributed by atoms with Gasteiger partial charge in [-0.2, -0.15) is 0 Å². The Hall–Kier alpha value is -1.56. The first kappa shape index (κ1) is 8.06. The smallest absolute Gasteiger partial charge is 0.255 e. The third-order valence-corrected chi connectivity index (χ3v) is 1.90. The number of aromatic nitrogens is 1. The average Bonchev–Trinajstić information content (AvgIpc) is 2.90. The van der Waals surface area contributed by atoms with Crippen molar-refractivity contribution in [1.82, 2.24) is 0 Å². The topological polar surface area (TPSA) is 27.7 Å². The molecule has 2 rings (SSSR count). The second-order valence-corrected chi connectivity index (χ2v) is 3.14. The van der Waals surface area contributed by atoms with E-state index < -0.39 is 0 Å². The molecule has 66 valence electrons. The van der Waals surface area contributed by atoms with Crippen LogP contribution in [0.15, 0.2) is 18.3 Å². The summed E-state index contributed by atoms with van der Waals surface area (Å²) >= 11 is 0. The van der Waals surface area contributed by atoms with Crippen LogP contribution in [0.3, 0.4) is 0 Å². The first-order chi connectivity index (χ1) is 6.25. The van der Waals surface area contributed by atoms with Gasteiger partial charge in [-0.3, -0.25) is 0 Å². The fourth-order valence-electron chi connectivity index (χ4n) is 0.974. The van der Waals surface area contributed by atoms with Gasteiger partial charge in [0.15, 0.2) is 6.20 Å². The van der Waals surface area contributed by atoms with Crippen molar-refractivity contribution in [1.29, 1.82) is 0 Å². The highest BCUT2D eigenvalue weighted by atomic mass is 19.1. The Labute approximate surface area is 76.2 Å². The fourth-order valence-corrected chi connectivity index (χ4v) is 0.974. The molecule has 1 aromatic rings. The van der Waals surface area contributed by atoms with Crippen molar-refractivity contribution in [2.24, 2.45) is 5.92 Å². The lowest BCUT2D eigenvalue weighted by atomic mass is 10.3. The Morgan fingerprint density at radius 1 is 1.54 bits per heavy atom. The standard InChI is InChI=1S/C10H9FN2/c11-9-5-6-13(12)10(7-9)4-3-8-1-2-8/h5-8,12H,1-2H2. The van der Waals surface area contributed by atoms with Gasteiger partial charge in [-0.25, -0.2) is 9.07 Å². The molecule has 0 saturated heterocycles. The predicted molar refractivity (Wildman–Crippen MR) is 45.9 cm³/mol. The van der Waals surface area contributed by atoms with E-state index >= 15 is 0 Å². The zero-order chi connectivity index (χ0) is 9.26. The number of hydrogen-bond donors (Lipinski definition) is 0. The molecule has 1 aromatic heterocycles. The van der Waals surface area contributed by atoms with Crippen LogP contribution in [0.2, 0.25) is 0 Å². The maximum Gasteiger partial charge on any atom is 0.255 e. The number of hydrogen-bond acceptors (Lipinski definition) is 0. The number of rotatable bonds is 0. The monoisotopic (exact) mass is 176 g/mol. The molecule has 0 radical (unpaired) electrons. The highest BCUT2D eigenvalue weighted by Gasteiger charge is 2.18. The van der Waals surface area contributed by atoms with Gasteiger partial charge < -0.3 is 5.84 Å². The van der Waals surface area contributed by atoms with Crippen LogP contribution >= 0.6 is 0 Å². The number of pyridine rings is 1. The number of halogens is 1. The van der Waals surface area contributed by atoms with Crippen molar-refractivity contribution in [2.45, 2.75) is 12.8 Å².